The van der Waals surface area contributed by atoms with Crippen LogP contribution in [-0.2, 0) is 0 Å². The van der Waals surface area contributed by atoms with Gasteiger partial charge in [0, 0.05) is 47.7 Å². The largest absolute Gasteiger partial charge is 0.391 e. The maximum absolute atomic E-state index is 11.6. The van der Waals surface area contributed by atoms with Crippen LogP contribution in [0.5, 0.6) is 0 Å². The Morgan fingerprint density at radius 3 is 2.81 bits per heavy atom. The van der Waals surface area contributed by atoms with Crippen molar-refractivity contribution < 1.29 is 9.90 Å². The minimum Gasteiger partial charge on any atom is -0.391 e. The SMILES string of the molecule is CCNC(=O)Nc1cc2ncc(C3=CNC(C(O)CC)C=C3C)cc2cn1. The van der Waals surface area contributed by atoms with Crippen LogP contribution in [0.4, 0.5) is 10.6 Å². The summed E-state index contributed by atoms with van der Waals surface area (Å²) in [5.41, 5.74) is 3.86. The summed E-state index contributed by atoms with van der Waals surface area (Å²) in [5.74, 6) is 0.458. The molecule has 0 aliphatic carbocycles. The summed E-state index contributed by atoms with van der Waals surface area (Å²) in [6, 6.07) is 3.41. The van der Waals surface area contributed by atoms with Crippen molar-refractivity contribution in [3.8, 4) is 0 Å². The Morgan fingerprint density at radius 1 is 1.30 bits per heavy atom. The van der Waals surface area contributed by atoms with Crippen LogP contribution in [0.3, 0.4) is 0 Å². The molecule has 3 heterocycles. The van der Waals surface area contributed by atoms with E-state index < -0.39 is 6.10 Å². The van der Waals surface area contributed by atoms with Crippen molar-refractivity contribution in [3.63, 3.8) is 0 Å². The van der Waals surface area contributed by atoms with E-state index in [0.717, 1.165) is 27.6 Å². The second kappa shape index (κ2) is 8.18. The number of urea groups is 1. The Bertz CT molecular complexity index is 906. The van der Waals surface area contributed by atoms with Crippen molar-refractivity contribution in [1.82, 2.24) is 20.6 Å². The van der Waals surface area contributed by atoms with Crippen LogP contribution in [0.15, 0.2) is 42.4 Å². The number of aliphatic hydroxyl groups is 1. The van der Waals surface area contributed by atoms with Gasteiger partial charge in [0.15, 0.2) is 0 Å². The first-order chi connectivity index (χ1) is 13.0. The molecule has 2 unspecified atom stereocenters. The molecule has 1 aliphatic rings. The average molecular weight is 367 g/mol. The van der Waals surface area contributed by atoms with E-state index in [1.165, 1.54) is 0 Å². The zero-order chi connectivity index (χ0) is 19.4. The fourth-order valence-electron chi connectivity index (χ4n) is 3.05. The number of carbonyl (C=O) groups is 1. The fraction of sp³-hybridized carbons (Fsp3) is 0.350. The molecule has 27 heavy (non-hydrogen) atoms. The highest BCUT2D eigenvalue weighted by molar-refractivity contribution is 5.92. The van der Waals surface area contributed by atoms with Gasteiger partial charge in [-0.3, -0.25) is 10.3 Å². The Labute approximate surface area is 158 Å². The van der Waals surface area contributed by atoms with E-state index in [-0.39, 0.29) is 12.1 Å². The first-order valence-corrected chi connectivity index (χ1v) is 9.16. The van der Waals surface area contributed by atoms with Gasteiger partial charge < -0.3 is 15.7 Å². The number of rotatable bonds is 5. The maximum Gasteiger partial charge on any atom is 0.320 e. The first-order valence-electron chi connectivity index (χ1n) is 9.16. The average Bonchev–Trinajstić information content (AvgIpc) is 2.67. The number of anilines is 1. The van der Waals surface area contributed by atoms with E-state index in [4.69, 9.17) is 0 Å². The van der Waals surface area contributed by atoms with Crippen molar-refractivity contribution in [1.29, 1.82) is 0 Å². The number of dihydropyridines is 1. The van der Waals surface area contributed by atoms with Gasteiger partial charge in [-0.05, 0) is 31.9 Å². The molecule has 2 amide bonds. The van der Waals surface area contributed by atoms with Crippen molar-refractivity contribution in [2.24, 2.45) is 0 Å². The molecule has 0 aromatic carbocycles. The second-order valence-electron chi connectivity index (χ2n) is 6.55. The molecule has 142 valence electrons. The number of hydrogen-bond acceptors (Lipinski definition) is 5. The lowest BCUT2D eigenvalue weighted by Gasteiger charge is -2.25. The molecule has 2 aromatic rings. The number of fused-ring (bicyclic) bond motifs is 1. The summed E-state index contributed by atoms with van der Waals surface area (Å²) < 4.78 is 0. The lowest BCUT2D eigenvalue weighted by atomic mass is 9.94. The molecule has 2 atom stereocenters. The van der Waals surface area contributed by atoms with Crippen LogP contribution in [0.1, 0.15) is 32.8 Å². The number of aliphatic hydroxyl groups excluding tert-OH is 1. The normalized spacial score (nSPS) is 17.6. The van der Waals surface area contributed by atoms with Gasteiger partial charge in [0.2, 0.25) is 0 Å². The molecular weight excluding hydrogens is 342 g/mol. The molecule has 1 aliphatic heterocycles. The van der Waals surface area contributed by atoms with Gasteiger partial charge in [-0.15, -0.1) is 0 Å². The van der Waals surface area contributed by atoms with E-state index in [1.807, 2.05) is 39.1 Å². The lowest BCUT2D eigenvalue weighted by molar-refractivity contribution is 0.146. The van der Waals surface area contributed by atoms with Crippen LogP contribution < -0.4 is 16.0 Å². The number of nitrogens with one attached hydrogen (secondary N) is 3. The molecule has 7 heteroatoms. The highest BCUT2D eigenvalue weighted by Gasteiger charge is 2.19. The number of nitrogens with zero attached hydrogens (tertiary/aromatic N) is 2. The van der Waals surface area contributed by atoms with Crippen molar-refractivity contribution in [2.45, 2.75) is 39.3 Å². The van der Waals surface area contributed by atoms with Gasteiger partial charge in [-0.1, -0.05) is 13.0 Å². The summed E-state index contributed by atoms with van der Waals surface area (Å²) in [7, 11) is 0. The molecule has 7 nitrogen and oxygen atoms in total. The van der Waals surface area contributed by atoms with E-state index in [9.17, 15) is 9.90 Å². The van der Waals surface area contributed by atoms with Gasteiger partial charge in [0.05, 0.1) is 17.7 Å². The first kappa shape index (κ1) is 18.8. The number of carbonyl (C=O) groups excluding carboxylic acids is 1. The molecule has 0 bridgehead atoms. The number of amides is 2. The molecule has 0 saturated carbocycles. The highest BCUT2D eigenvalue weighted by Crippen LogP contribution is 2.28. The Hall–Kier alpha value is -2.93. The van der Waals surface area contributed by atoms with Crippen molar-refractivity contribution >= 4 is 28.3 Å². The van der Waals surface area contributed by atoms with Gasteiger partial charge in [0.1, 0.15) is 5.82 Å². The molecule has 2 aromatic heterocycles. The van der Waals surface area contributed by atoms with E-state index in [1.54, 1.807) is 18.5 Å². The van der Waals surface area contributed by atoms with Crippen LogP contribution >= 0.6 is 0 Å². The summed E-state index contributed by atoms with van der Waals surface area (Å²) in [5, 5.41) is 19.5. The number of hydrogen-bond donors (Lipinski definition) is 4. The van der Waals surface area contributed by atoms with Gasteiger partial charge in [-0.2, -0.15) is 0 Å². The van der Waals surface area contributed by atoms with Crippen LogP contribution in [0.25, 0.3) is 16.5 Å². The molecule has 0 spiro atoms. The molecule has 3 rings (SSSR count). The van der Waals surface area contributed by atoms with E-state index in [2.05, 4.69) is 25.9 Å². The number of allylic oxidation sites excluding steroid dienone is 2. The second-order valence-corrected chi connectivity index (χ2v) is 6.55. The third-order valence-corrected chi connectivity index (χ3v) is 4.56. The highest BCUT2D eigenvalue weighted by atomic mass is 16.3. The Balaban J connectivity index is 1.82. The standard InChI is InChI=1S/C20H25N5O2/c1-4-18(26)17-6-12(3)15(11-23-17)13-7-14-10-24-19(8-16(14)22-9-13)25-20(27)21-5-2/h6-11,17-18,23,26H,4-5H2,1-3H3,(H2,21,24,25,27). The van der Waals surface area contributed by atoms with E-state index in [0.29, 0.717) is 18.8 Å². The third-order valence-electron chi connectivity index (χ3n) is 4.56. The quantitative estimate of drug-likeness (QED) is 0.651. The smallest absolute Gasteiger partial charge is 0.320 e. The minimum atomic E-state index is -0.410. The summed E-state index contributed by atoms with van der Waals surface area (Å²) in [6.45, 7) is 6.40. The number of pyridine rings is 2. The molecular formula is C20H25N5O2. The molecule has 4 N–H and O–H groups in total. The summed E-state index contributed by atoms with van der Waals surface area (Å²) >= 11 is 0. The van der Waals surface area contributed by atoms with Crippen molar-refractivity contribution in [2.75, 3.05) is 11.9 Å². The van der Waals surface area contributed by atoms with Gasteiger partial charge >= 0.3 is 6.03 Å². The summed E-state index contributed by atoms with van der Waals surface area (Å²) in [6.07, 6.45) is 7.77. The molecule has 0 fully saturated rings. The van der Waals surface area contributed by atoms with Crippen molar-refractivity contribution in [3.05, 3.63) is 47.9 Å². The maximum atomic E-state index is 11.6. The Morgan fingerprint density at radius 2 is 2.11 bits per heavy atom. The lowest BCUT2D eigenvalue weighted by Crippen LogP contribution is -2.37. The monoisotopic (exact) mass is 367 g/mol. The van der Waals surface area contributed by atoms with E-state index >= 15 is 0 Å². The van der Waals surface area contributed by atoms with Crippen LogP contribution in [-0.4, -0.2) is 39.8 Å². The number of aromatic nitrogens is 2. The Kier molecular flexibility index (Phi) is 5.71. The zero-order valence-corrected chi connectivity index (χ0v) is 15.8. The molecule has 0 radical (unpaired) electrons. The zero-order valence-electron chi connectivity index (χ0n) is 15.8. The van der Waals surface area contributed by atoms with Crippen LogP contribution in [0, 0.1) is 0 Å². The molecule has 0 saturated heterocycles. The fourth-order valence-corrected chi connectivity index (χ4v) is 3.05. The van der Waals surface area contributed by atoms with Gasteiger partial charge in [0.25, 0.3) is 0 Å². The predicted molar refractivity (Wildman–Crippen MR) is 107 cm³/mol. The van der Waals surface area contributed by atoms with Gasteiger partial charge in [-0.25, -0.2) is 9.78 Å². The van der Waals surface area contributed by atoms with Crippen LogP contribution in [0.2, 0.25) is 0 Å². The minimum absolute atomic E-state index is 0.0725. The topological polar surface area (TPSA) is 99.2 Å². The predicted octanol–water partition coefficient (Wildman–Crippen LogP) is 2.80. The summed E-state index contributed by atoms with van der Waals surface area (Å²) in [4.78, 5) is 20.4. The third kappa shape index (κ3) is 4.25.